The first-order valence-corrected chi connectivity index (χ1v) is 10.0. The second-order valence-electron chi connectivity index (χ2n) is 6.54. The van der Waals surface area contributed by atoms with Crippen LogP contribution in [0.25, 0.3) is 0 Å². The first-order valence-electron chi connectivity index (χ1n) is 8.43. The molecular weight excluding hydrogens is 342 g/mol. The number of aryl methyl sites for hydroxylation is 2. The normalized spacial score (nSPS) is 21.8. The summed E-state index contributed by atoms with van der Waals surface area (Å²) in [5, 5.41) is 5.40. The molecule has 0 aromatic heterocycles. The van der Waals surface area contributed by atoms with Gasteiger partial charge in [0.05, 0.1) is 18.0 Å². The van der Waals surface area contributed by atoms with Crippen LogP contribution in [-0.4, -0.2) is 56.3 Å². The molecule has 1 aromatic rings. The summed E-state index contributed by atoms with van der Waals surface area (Å²) in [6.45, 7) is 8.28. The van der Waals surface area contributed by atoms with Crippen LogP contribution in [0.3, 0.4) is 0 Å². The zero-order chi connectivity index (χ0) is 18.6. The van der Waals surface area contributed by atoms with E-state index >= 15 is 0 Å². The molecule has 2 rings (SSSR count). The molecule has 1 fully saturated rings. The predicted molar refractivity (Wildman–Crippen MR) is 98.3 cm³/mol. The highest BCUT2D eigenvalue weighted by molar-refractivity contribution is 7.89. The number of para-hydroxylation sites is 1. The number of benzene rings is 1. The Kier molecular flexibility index (Phi) is 6.42. The molecular formula is C17H27N3O4S. The van der Waals surface area contributed by atoms with Crippen molar-refractivity contribution < 1.29 is 17.9 Å². The van der Waals surface area contributed by atoms with Crippen molar-refractivity contribution in [2.45, 2.75) is 39.9 Å². The maximum atomic E-state index is 12.4. The van der Waals surface area contributed by atoms with Crippen molar-refractivity contribution in [3.63, 3.8) is 0 Å². The minimum Gasteiger partial charge on any atom is -0.373 e. The van der Waals surface area contributed by atoms with Gasteiger partial charge in [0.1, 0.15) is 0 Å². The third kappa shape index (κ3) is 5.42. The third-order valence-corrected chi connectivity index (χ3v) is 5.95. The lowest BCUT2D eigenvalue weighted by Crippen LogP contribution is -2.49. The minimum absolute atomic E-state index is 0.0548. The molecule has 0 saturated carbocycles. The van der Waals surface area contributed by atoms with E-state index in [1.54, 1.807) is 0 Å². The van der Waals surface area contributed by atoms with Crippen molar-refractivity contribution in [1.29, 1.82) is 0 Å². The fourth-order valence-electron chi connectivity index (χ4n) is 2.95. The molecule has 2 N–H and O–H groups in total. The Balaban J connectivity index is 1.86. The SMILES string of the molecule is Cc1cccc(C)c1NC(=O)NCCS(=O)(=O)N1C[C@@H](C)O[C@@H](C)C1. The summed E-state index contributed by atoms with van der Waals surface area (Å²) in [5.41, 5.74) is 2.66. The van der Waals surface area contributed by atoms with Gasteiger partial charge in [-0.25, -0.2) is 13.2 Å². The van der Waals surface area contributed by atoms with E-state index in [0.717, 1.165) is 16.8 Å². The van der Waals surface area contributed by atoms with E-state index < -0.39 is 16.1 Å². The average Bonchev–Trinajstić information content (AvgIpc) is 2.50. The van der Waals surface area contributed by atoms with Crippen molar-refractivity contribution in [3.8, 4) is 0 Å². The lowest BCUT2D eigenvalue weighted by Gasteiger charge is -2.34. The Morgan fingerprint density at radius 3 is 2.32 bits per heavy atom. The molecule has 140 valence electrons. The Morgan fingerprint density at radius 1 is 1.20 bits per heavy atom. The molecule has 25 heavy (non-hydrogen) atoms. The van der Waals surface area contributed by atoms with Crippen molar-refractivity contribution in [2.24, 2.45) is 0 Å². The average molecular weight is 369 g/mol. The van der Waals surface area contributed by atoms with E-state index in [1.807, 2.05) is 45.9 Å². The Bertz CT molecular complexity index is 690. The van der Waals surface area contributed by atoms with Gasteiger partial charge in [-0.15, -0.1) is 0 Å². The fourth-order valence-corrected chi connectivity index (χ4v) is 4.44. The summed E-state index contributed by atoms with van der Waals surface area (Å²) in [5.74, 6) is -0.132. The van der Waals surface area contributed by atoms with Crippen molar-refractivity contribution in [2.75, 3.05) is 30.7 Å². The Morgan fingerprint density at radius 2 is 1.76 bits per heavy atom. The molecule has 1 saturated heterocycles. The molecule has 1 aliphatic heterocycles. The second-order valence-corrected chi connectivity index (χ2v) is 8.63. The van der Waals surface area contributed by atoms with Crippen LogP contribution in [0.4, 0.5) is 10.5 Å². The number of hydrogen-bond acceptors (Lipinski definition) is 4. The fraction of sp³-hybridized carbons (Fsp3) is 0.588. The van der Waals surface area contributed by atoms with Crippen LogP contribution in [0.5, 0.6) is 0 Å². The highest BCUT2D eigenvalue weighted by Gasteiger charge is 2.30. The standard InChI is InChI=1S/C17H27N3O4S/c1-12-6-5-7-13(2)16(12)19-17(21)18-8-9-25(22,23)20-10-14(3)24-15(4)11-20/h5-7,14-15H,8-11H2,1-4H3,(H2,18,19,21)/t14-,15+. The number of ether oxygens (including phenoxy) is 1. The van der Waals surface area contributed by atoms with Gasteiger partial charge in [0.15, 0.2) is 0 Å². The largest absolute Gasteiger partial charge is 0.373 e. The zero-order valence-corrected chi connectivity index (χ0v) is 16.0. The summed E-state index contributed by atoms with van der Waals surface area (Å²) in [7, 11) is -3.42. The Hall–Kier alpha value is -1.64. The lowest BCUT2D eigenvalue weighted by atomic mass is 10.1. The molecule has 1 heterocycles. The second kappa shape index (κ2) is 8.16. The summed E-state index contributed by atoms with van der Waals surface area (Å²) in [6, 6.07) is 5.34. The first-order chi connectivity index (χ1) is 11.7. The highest BCUT2D eigenvalue weighted by atomic mass is 32.2. The molecule has 2 atom stereocenters. The summed E-state index contributed by atoms with van der Waals surface area (Å²) in [4.78, 5) is 12.0. The number of sulfonamides is 1. The van der Waals surface area contributed by atoms with Crippen LogP contribution in [0.15, 0.2) is 18.2 Å². The van der Waals surface area contributed by atoms with E-state index in [4.69, 9.17) is 4.74 Å². The monoisotopic (exact) mass is 369 g/mol. The lowest BCUT2D eigenvalue weighted by molar-refractivity contribution is -0.0440. The van der Waals surface area contributed by atoms with E-state index in [1.165, 1.54) is 4.31 Å². The number of nitrogens with one attached hydrogen (secondary N) is 2. The minimum atomic E-state index is -3.42. The smallest absolute Gasteiger partial charge is 0.319 e. The van der Waals surface area contributed by atoms with Crippen molar-refractivity contribution in [1.82, 2.24) is 9.62 Å². The number of urea groups is 1. The van der Waals surface area contributed by atoms with Gasteiger partial charge in [-0.3, -0.25) is 0 Å². The van der Waals surface area contributed by atoms with Gasteiger partial charge >= 0.3 is 6.03 Å². The maximum Gasteiger partial charge on any atom is 0.319 e. The number of hydrogen-bond donors (Lipinski definition) is 2. The molecule has 7 nitrogen and oxygen atoms in total. The van der Waals surface area contributed by atoms with Gasteiger partial charge < -0.3 is 15.4 Å². The van der Waals surface area contributed by atoms with Gasteiger partial charge in [0.2, 0.25) is 10.0 Å². The molecule has 0 radical (unpaired) electrons. The summed E-state index contributed by atoms with van der Waals surface area (Å²) in [6.07, 6.45) is -0.252. The number of rotatable bonds is 5. The van der Waals surface area contributed by atoms with Crippen LogP contribution in [0, 0.1) is 13.8 Å². The molecule has 0 unspecified atom stereocenters. The van der Waals surface area contributed by atoms with Crippen LogP contribution in [-0.2, 0) is 14.8 Å². The highest BCUT2D eigenvalue weighted by Crippen LogP contribution is 2.19. The summed E-state index contributed by atoms with van der Waals surface area (Å²) < 4.78 is 31.8. The van der Waals surface area contributed by atoms with Crippen LogP contribution in [0.2, 0.25) is 0 Å². The molecule has 0 bridgehead atoms. The van der Waals surface area contributed by atoms with Crippen LogP contribution >= 0.6 is 0 Å². The van der Waals surface area contributed by atoms with Crippen molar-refractivity contribution >= 4 is 21.7 Å². The maximum absolute atomic E-state index is 12.4. The number of anilines is 1. The van der Waals surface area contributed by atoms with Gasteiger partial charge in [-0.1, -0.05) is 18.2 Å². The quantitative estimate of drug-likeness (QED) is 0.829. The predicted octanol–water partition coefficient (Wildman–Crippen LogP) is 1.86. The number of nitrogens with zero attached hydrogens (tertiary/aromatic N) is 1. The van der Waals surface area contributed by atoms with E-state index in [2.05, 4.69) is 10.6 Å². The molecule has 1 aromatic carbocycles. The third-order valence-electron chi connectivity index (χ3n) is 4.14. The van der Waals surface area contributed by atoms with E-state index in [0.29, 0.717) is 13.1 Å². The zero-order valence-electron chi connectivity index (χ0n) is 15.2. The number of carbonyl (C=O) groups is 1. The van der Waals surface area contributed by atoms with Gasteiger partial charge in [-0.05, 0) is 38.8 Å². The molecule has 8 heteroatoms. The Labute approximate surface area is 149 Å². The summed E-state index contributed by atoms with van der Waals surface area (Å²) >= 11 is 0. The first kappa shape index (κ1) is 19.7. The molecule has 0 aliphatic carbocycles. The van der Waals surface area contributed by atoms with E-state index in [-0.39, 0.29) is 24.5 Å². The van der Waals surface area contributed by atoms with Crippen molar-refractivity contribution in [3.05, 3.63) is 29.3 Å². The van der Waals surface area contributed by atoms with Gasteiger partial charge in [-0.2, -0.15) is 4.31 Å². The van der Waals surface area contributed by atoms with Gasteiger partial charge in [0, 0.05) is 25.3 Å². The number of morpholine rings is 1. The molecule has 1 aliphatic rings. The van der Waals surface area contributed by atoms with Gasteiger partial charge in [0.25, 0.3) is 0 Å². The van der Waals surface area contributed by atoms with Crippen LogP contribution < -0.4 is 10.6 Å². The number of carbonyl (C=O) groups excluding carboxylic acids is 1. The molecule has 0 spiro atoms. The topological polar surface area (TPSA) is 87.7 Å². The molecule has 2 amide bonds. The van der Waals surface area contributed by atoms with Crippen LogP contribution in [0.1, 0.15) is 25.0 Å². The number of amides is 2. The van der Waals surface area contributed by atoms with E-state index in [9.17, 15) is 13.2 Å².